The van der Waals surface area contributed by atoms with Gasteiger partial charge in [-0.05, 0) is 37.1 Å². The average molecular weight is 265 g/mol. The minimum absolute atomic E-state index is 0.0240. The van der Waals surface area contributed by atoms with Crippen molar-refractivity contribution in [1.82, 2.24) is 4.90 Å². The van der Waals surface area contributed by atoms with Gasteiger partial charge in [0.05, 0.1) is 12.0 Å². The third-order valence-electron chi connectivity index (χ3n) is 3.65. The van der Waals surface area contributed by atoms with E-state index in [0.29, 0.717) is 12.1 Å². The van der Waals surface area contributed by atoms with E-state index in [2.05, 4.69) is 0 Å². The topological polar surface area (TPSA) is 57.6 Å². The highest BCUT2D eigenvalue weighted by Crippen LogP contribution is 2.39. The van der Waals surface area contributed by atoms with Gasteiger partial charge in [-0.25, -0.2) is 4.39 Å². The Morgan fingerprint density at radius 1 is 1.53 bits per heavy atom. The maximum atomic E-state index is 13.4. The molecule has 5 heteroatoms. The van der Waals surface area contributed by atoms with Crippen molar-refractivity contribution in [3.05, 3.63) is 35.1 Å². The van der Waals surface area contributed by atoms with Crippen LogP contribution in [0.4, 0.5) is 4.39 Å². The van der Waals surface area contributed by atoms with Gasteiger partial charge >= 0.3 is 5.97 Å². The molecular weight excluding hydrogens is 249 g/mol. The molecule has 102 valence electrons. The van der Waals surface area contributed by atoms with Crippen molar-refractivity contribution in [2.75, 3.05) is 6.54 Å². The first-order valence-electron chi connectivity index (χ1n) is 6.24. The summed E-state index contributed by atoms with van der Waals surface area (Å²) in [5.41, 5.74) is 1.38. The minimum Gasteiger partial charge on any atom is -0.481 e. The highest BCUT2D eigenvalue weighted by Gasteiger charge is 2.44. The largest absolute Gasteiger partial charge is 0.481 e. The fraction of sp³-hybridized carbons (Fsp3) is 0.429. The van der Waals surface area contributed by atoms with Crippen LogP contribution in [0, 0.1) is 18.7 Å². The molecule has 0 aromatic heterocycles. The third-order valence-corrected chi connectivity index (χ3v) is 3.65. The molecular formula is C14H16FNO3. The highest BCUT2D eigenvalue weighted by atomic mass is 19.1. The Kier molecular flexibility index (Phi) is 3.55. The van der Waals surface area contributed by atoms with E-state index in [1.165, 1.54) is 17.0 Å². The number of carboxylic acid groups (broad SMARTS) is 1. The van der Waals surface area contributed by atoms with Gasteiger partial charge in [-0.3, -0.25) is 9.59 Å². The molecule has 4 nitrogen and oxygen atoms in total. The van der Waals surface area contributed by atoms with Gasteiger partial charge in [0.2, 0.25) is 5.91 Å². The van der Waals surface area contributed by atoms with Crippen LogP contribution >= 0.6 is 0 Å². The number of halogens is 1. The molecule has 19 heavy (non-hydrogen) atoms. The van der Waals surface area contributed by atoms with E-state index in [9.17, 15) is 19.1 Å². The SMILES string of the molecule is CCN1C(=O)CC(C(=O)O)C1c1cc(F)ccc1C. The van der Waals surface area contributed by atoms with Crippen LogP contribution < -0.4 is 0 Å². The van der Waals surface area contributed by atoms with Gasteiger partial charge < -0.3 is 10.0 Å². The molecule has 1 N–H and O–H groups in total. The molecule has 1 aromatic rings. The number of benzene rings is 1. The molecule has 2 rings (SSSR count). The standard InChI is InChI=1S/C14H16FNO3/c1-3-16-12(17)7-11(14(18)19)13(16)10-6-9(15)5-4-8(10)2/h4-6,11,13H,3,7H2,1-2H3,(H,18,19). The molecule has 0 bridgehead atoms. The number of amides is 1. The van der Waals surface area contributed by atoms with Crippen LogP contribution in [0.15, 0.2) is 18.2 Å². The van der Waals surface area contributed by atoms with Crippen LogP contribution in [0.5, 0.6) is 0 Å². The number of aliphatic carboxylic acids is 1. The summed E-state index contributed by atoms with van der Waals surface area (Å²) >= 11 is 0. The van der Waals surface area contributed by atoms with E-state index in [1.807, 2.05) is 0 Å². The van der Waals surface area contributed by atoms with Crippen molar-refractivity contribution < 1.29 is 19.1 Å². The molecule has 0 spiro atoms. The summed E-state index contributed by atoms with van der Waals surface area (Å²) in [5, 5.41) is 9.26. The molecule has 1 saturated heterocycles. The van der Waals surface area contributed by atoms with Crippen molar-refractivity contribution >= 4 is 11.9 Å². The lowest BCUT2D eigenvalue weighted by molar-refractivity contribution is -0.142. The van der Waals surface area contributed by atoms with Crippen molar-refractivity contribution in [3.8, 4) is 0 Å². The molecule has 1 aromatic carbocycles. The lowest BCUT2D eigenvalue weighted by Gasteiger charge is -2.27. The van der Waals surface area contributed by atoms with Crippen LogP contribution in [0.1, 0.15) is 30.5 Å². The van der Waals surface area contributed by atoms with E-state index in [4.69, 9.17) is 0 Å². The van der Waals surface area contributed by atoms with E-state index in [-0.39, 0.29) is 12.3 Å². The zero-order chi connectivity index (χ0) is 14.2. The second-order valence-corrected chi connectivity index (χ2v) is 4.77. The Balaban J connectivity index is 2.51. The number of hydrogen-bond acceptors (Lipinski definition) is 2. The van der Waals surface area contributed by atoms with Gasteiger partial charge in [-0.15, -0.1) is 0 Å². The Labute approximate surface area is 110 Å². The molecule has 2 atom stereocenters. The molecule has 1 heterocycles. The molecule has 0 radical (unpaired) electrons. The monoisotopic (exact) mass is 265 g/mol. The van der Waals surface area contributed by atoms with Crippen molar-refractivity contribution in [2.45, 2.75) is 26.3 Å². The number of likely N-dealkylation sites (tertiary alicyclic amines) is 1. The smallest absolute Gasteiger partial charge is 0.309 e. The molecule has 1 aliphatic heterocycles. The number of nitrogens with zero attached hydrogens (tertiary/aromatic N) is 1. The molecule has 1 amide bonds. The van der Waals surface area contributed by atoms with E-state index >= 15 is 0 Å². The minimum atomic E-state index is -1.02. The number of carbonyl (C=O) groups is 2. The van der Waals surface area contributed by atoms with Crippen molar-refractivity contribution in [3.63, 3.8) is 0 Å². The molecule has 2 unspecified atom stereocenters. The van der Waals surface area contributed by atoms with Crippen LogP contribution in [-0.4, -0.2) is 28.4 Å². The summed E-state index contributed by atoms with van der Waals surface area (Å²) in [6.45, 7) is 4.01. The van der Waals surface area contributed by atoms with Gasteiger partial charge in [-0.2, -0.15) is 0 Å². The molecule has 0 saturated carbocycles. The summed E-state index contributed by atoms with van der Waals surface area (Å²) in [6, 6.07) is 3.70. The summed E-state index contributed by atoms with van der Waals surface area (Å²) in [7, 11) is 0. The van der Waals surface area contributed by atoms with Crippen LogP contribution in [-0.2, 0) is 9.59 Å². The van der Waals surface area contributed by atoms with Crippen LogP contribution in [0.25, 0.3) is 0 Å². The zero-order valence-electron chi connectivity index (χ0n) is 10.9. The lowest BCUT2D eigenvalue weighted by atomic mass is 9.91. The first kappa shape index (κ1) is 13.5. The van der Waals surface area contributed by atoms with E-state index < -0.39 is 23.7 Å². The number of rotatable bonds is 3. The Morgan fingerprint density at radius 3 is 2.79 bits per heavy atom. The predicted molar refractivity (Wildman–Crippen MR) is 67.0 cm³/mol. The summed E-state index contributed by atoms with van der Waals surface area (Å²) in [4.78, 5) is 24.7. The number of carbonyl (C=O) groups excluding carboxylic acids is 1. The fourth-order valence-electron chi connectivity index (χ4n) is 2.70. The van der Waals surface area contributed by atoms with Crippen LogP contribution in [0.3, 0.4) is 0 Å². The maximum absolute atomic E-state index is 13.4. The highest BCUT2D eigenvalue weighted by molar-refractivity contribution is 5.87. The molecule has 1 aliphatic rings. The number of hydrogen-bond donors (Lipinski definition) is 1. The van der Waals surface area contributed by atoms with Gasteiger partial charge in [0.25, 0.3) is 0 Å². The lowest BCUT2D eigenvalue weighted by Crippen LogP contribution is -2.30. The van der Waals surface area contributed by atoms with Crippen LogP contribution in [0.2, 0.25) is 0 Å². The van der Waals surface area contributed by atoms with Gasteiger partial charge in [0, 0.05) is 13.0 Å². The fourth-order valence-corrected chi connectivity index (χ4v) is 2.70. The van der Waals surface area contributed by atoms with E-state index in [1.54, 1.807) is 19.9 Å². The molecule has 0 aliphatic carbocycles. The Morgan fingerprint density at radius 2 is 2.21 bits per heavy atom. The summed E-state index contributed by atoms with van der Waals surface area (Å²) < 4.78 is 13.4. The van der Waals surface area contributed by atoms with Crippen molar-refractivity contribution in [1.29, 1.82) is 0 Å². The van der Waals surface area contributed by atoms with Gasteiger partial charge in [0.15, 0.2) is 0 Å². The first-order chi connectivity index (χ1) is 8.95. The van der Waals surface area contributed by atoms with E-state index in [0.717, 1.165) is 5.56 Å². The number of carboxylic acids is 1. The normalized spacial score (nSPS) is 22.9. The summed E-state index contributed by atoms with van der Waals surface area (Å²) in [6.07, 6.45) is -0.0240. The second-order valence-electron chi connectivity index (χ2n) is 4.77. The first-order valence-corrected chi connectivity index (χ1v) is 6.24. The predicted octanol–water partition coefficient (Wildman–Crippen LogP) is 2.13. The zero-order valence-corrected chi connectivity index (χ0v) is 10.9. The Hall–Kier alpha value is -1.91. The van der Waals surface area contributed by atoms with Crippen molar-refractivity contribution in [2.24, 2.45) is 5.92 Å². The number of aryl methyl sites for hydroxylation is 1. The van der Waals surface area contributed by atoms with Gasteiger partial charge in [0.1, 0.15) is 5.82 Å². The maximum Gasteiger partial charge on any atom is 0.309 e. The van der Waals surface area contributed by atoms with Gasteiger partial charge in [-0.1, -0.05) is 6.07 Å². The second kappa shape index (κ2) is 4.99. The summed E-state index contributed by atoms with van der Waals surface area (Å²) in [5.74, 6) is -2.44. The average Bonchev–Trinajstić information content (AvgIpc) is 2.69. The quantitative estimate of drug-likeness (QED) is 0.910. The Bertz CT molecular complexity index is 529. The molecule has 1 fully saturated rings. The third kappa shape index (κ3) is 2.32.